The van der Waals surface area contributed by atoms with E-state index in [-0.39, 0.29) is 35.8 Å². The first-order valence-corrected chi connectivity index (χ1v) is 5.62. The number of hydrogen-bond acceptors (Lipinski definition) is 2. The quantitative estimate of drug-likeness (QED) is 0.714. The number of fused-ring (bicyclic) bond motifs is 4. The van der Waals surface area contributed by atoms with E-state index in [1.165, 1.54) is 12.1 Å². The van der Waals surface area contributed by atoms with Gasteiger partial charge in [0.1, 0.15) is 0 Å². The maximum Gasteiger partial charge on any atom is 0.250 e. The molecule has 1 saturated heterocycles. The molecule has 2 bridgehead atoms. The number of nitrogens with zero attached hydrogens (tertiary/aromatic N) is 2. The molecule has 104 valence electrons. The number of aromatic nitrogens is 1. The Morgan fingerprint density at radius 2 is 1.89 bits per heavy atom. The number of hydrogen-bond donors (Lipinski definition) is 0. The van der Waals surface area contributed by atoms with Gasteiger partial charge in [-0.2, -0.15) is 0 Å². The van der Waals surface area contributed by atoms with Crippen LogP contribution in [0.2, 0.25) is 0 Å². The molecule has 2 aliphatic rings. The van der Waals surface area contributed by atoms with Gasteiger partial charge in [-0.1, -0.05) is 6.07 Å². The van der Waals surface area contributed by atoms with Crippen LogP contribution in [0.25, 0.3) is 0 Å². The molecule has 1 fully saturated rings. The van der Waals surface area contributed by atoms with Crippen LogP contribution in [0.5, 0.6) is 0 Å². The summed E-state index contributed by atoms with van der Waals surface area (Å²) in [7, 11) is 2.18. The molecule has 0 aromatic carbocycles. The third-order valence-electron chi connectivity index (χ3n) is 3.66. The van der Waals surface area contributed by atoms with E-state index >= 15 is 0 Å². The van der Waals surface area contributed by atoms with Crippen molar-refractivity contribution in [2.45, 2.75) is 18.9 Å². The summed E-state index contributed by atoms with van der Waals surface area (Å²) in [5, 5.41) is 0. The lowest BCUT2D eigenvalue weighted by molar-refractivity contribution is 0.145. The van der Waals surface area contributed by atoms with Gasteiger partial charge in [-0.05, 0) is 25.5 Å². The van der Waals surface area contributed by atoms with Crippen molar-refractivity contribution in [2.24, 2.45) is 5.92 Å². The molecule has 0 radical (unpaired) electrons. The van der Waals surface area contributed by atoms with Crippen LogP contribution >= 0.6 is 24.8 Å². The molecule has 0 amide bonds. The SMILES string of the molecule is CN1C[C@@H]2C[C@H](C1)c1cccc(=O)n1C2.Cl.Cl.O. The number of likely N-dealkylation sites (tertiary alicyclic amines) is 1. The van der Waals surface area contributed by atoms with E-state index in [0.717, 1.165) is 19.6 Å². The largest absolute Gasteiger partial charge is 0.412 e. The molecule has 1 aromatic heterocycles. The summed E-state index contributed by atoms with van der Waals surface area (Å²) in [6, 6.07) is 5.68. The fourth-order valence-corrected chi connectivity index (χ4v) is 3.14. The number of halogens is 2. The van der Waals surface area contributed by atoms with Crippen molar-refractivity contribution in [2.75, 3.05) is 20.1 Å². The molecule has 0 unspecified atom stereocenters. The summed E-state index contributed by atoms with van der Waals surface area (Å²) in [5.74, 6) is 1.23. The van der Waals surface area contributed by atoms with Crippen LogP contribution in [-0.4, -0.2) is 35.1 Å². The predicted octanol–water partition coefficient (Wildman–Crippen LogP) is 0.916. The van der Waals surface area contributed by atoms with Crippen molar-refractivity contribution in [1.29, 1.82) is 0 Å². The zero-order valence-corrected chi connectivity index (χ0v) is 12.0. The topological polar surface area (TPSA) is 56.7 Å². The Bertz CT molecular complexity index is 450. The average Bonchev–Trinajstić information content (AvgIpc) is 2.19. The van der Waals surface area contributed by atoms with Gasteiger partial charge in [0.15, 0.2) is 0 Å². The lowest BCUT2D eigenvalue weighted by atomic mass is 9.83. The van der Waals surface area contributed by atoms with Crippen LogP contribution in [0.3, 0.4) is 0 Å². The van der Waals surface area contributed by atoms with Gasteiger partial charge in [0.05, 0.1) is 0 Å². The zero-order valence-electron chi connectivity index (χ0n) is 10.3. The Morgan fingerprint density at radius 3 is 2.61 bits per heavy atom. The van der Waals surface area contributed by atoms with E-state index in [1.807, 2.05) is 10.6 Å². The first-order valence-electron chi connectivity index (χ1n) is 5.62. The van der Waals surface area contributed by atoms with Crippen molar-refractivity contribution in [3.63, 3.8) is 0 Å². The minimum absolute atomic E-state index is 0. The highest BCUT2D eigenvalue weighted by Gasteiger charge is 2.32. The molecule has 1 aromatic rings. The van der Waals surface area contributed by atoms with Crippen molar-refractivity contribution in [1.82, 2.24) is 9.47 Å². The highest BCUT2D eigenvalue weighted by Crippen LogP contribution is 2.33. The van der Waals surface area contributed by atoms with Crippen LogP contribution in [0.4, 0.5) is 0 Å². The third-order valence-corrected chi connectivity index (χ3v) is 3.66. The van der Waals surface area contributed by atoms with Crippen LogP contribution in [0.15, 0.2) is 23.0 Å². The van der Waals surface area contributed by atoms with Gasteiger partial charge in [0, 0.05) is 37.3 Å². The first-order chi connectivity index (χ1) is 7.24. The highest BCUT2D eigenvalue weighted by molar-refractivity contribution is 5.85. The van der Waals surface area contributed by atoms with Gasteiger partial charge < -0.3 is 14.9 Å². The average molecular weight is 295 g/mol. The van der Waals surface area contributed by atoms with Gasteiger partial charge in [0.25, 0.3) is 5.56 Å². The summed E-state index contributed by atoms with van der Waals surface area (Å²) in [4.78, 5) is 14.1. The minimum Gasteiger partial charge on any atom is -0.412 e. The van der Waals surface area contributed by atoms with Crippen molar-refractivity contribution in [3.05, 3.63) is 34.2 Å². The predicted molar refractivity (Wildman–Crippen MR) is 77.2 cm³/mol. The van der Waals surface area contributed by atoms with E-state index in [4.69, 9.17) is 0 Å². The standard InChI is InChI=1S/C12H16N2O.2ClH.H2O/c1-13-6-9-5-10(8-13)11-3-2-4-12(15)14(11)7-9;;;/h2-4,9-10H,5-8H2,1H3;2*1H;1H2/t9-,10+;;;/m0.../s1. The fraction of sp³-hybridized carbons (Fsp3) is 0.583. The normalized spacial score (nSPS) is 24.9. The monoisotopic (exact) mass is 294 g/mol. The van der Waals surface area contributed by atoms with Gasteiger partial charge in [0.2, 0.25) is 0 Å². The maximum atomic E-state index is 11.7. The molecular weight excluding hydrogens is 275 g/mol. The molecule has 2 N–H and O–H groups in total. The molecule has 2 atom stereocenters. The summed E-state index contributed by atoms with van der Waals surface area (Å²) < 4.78 is 1.98. The van der Waals surface area contributed by atoms with Crippen LogP contribution < -0.4 is 5.56 Å². The van der Waals surface area contributed by atoms with E-state index in [1.54, 1.807) is 6.07 Å². The number of pyridine rings is 1. The number of piperidine rings is 1. The van der Waals surface area contributed by atoms with Gasteiger partial charge in [-0.15, -0.1) is 24.8 Å². The van der Waals surface area contributed by atoms with E-state index in [2.05, 4.69) is 18.0 Å². The molecule has 2 aliphatic heterocycles. The molecule has 6 heteroatoms. The third kappa shape index (κ3) is 2.88. The molecule has 0 aliphatic carbocycles. The first kappa shape index (κ1) is 17.4. The summed E-state index contributed by atoms with van der Waals surface area (Å²) in [5.41, 5.74) is 1.41. The molecule has 0 spiro atoms. The molecule has 0 saturated carbocycles. The Hall–Kier alpha value is -0.550. The molecule has 4 nitrogen and oxygen atoms in total. The van der Waals surface area contributed by atoms with E-state index in [9.17, 15) is 4.79 Å². The Morgan fingerprint density at radius 1 is 1.17 bits per heavy atom. The van der Waals surface area contributed by atoms with Crippen LogP contribution in [0.1, 0.15) is 18.0 Å². The Kier molecular flexibility index (Phi) is 6.37. The molecule has 18 heavy (non-hydrogen) atoms. The second-order valence-corrected chi connectivity index (χ2v) is 4.92. The van der Waals surface area contributed by atoms with Crippen LogP contribution in [-0.2, 0) is 6.54 Å². The lowest BCUT2D eigenvalue weighted by Gasteiger charge is -2.41. The van der Waals surface area contributed by atoms with Crippen molar-refractivity contribution in [3.8, 4) is 0 Å². The van der Waals surface area contributed by atoms with Gasteiger partial charge in [-0.25, -0.2) is 0 Å². The fourth-order valence-electron chi connectivity index (χ4n) is 3.14. The second-order valence-electron chi connectivity index (χ2n) is 4.92. The molecule has 3 rings (SSSR count). The van der Waals surface area contributed by atoms with E-state index in [0.29, 0.717) is 11.8 Å². The second kappa shape index (κ2) is 6.57. The Labute approximate surface area is 119 Å². The Balaban J connectivity index is 0.000000963. The molecular formula is C12H20Cl2N2O2. The van der Waals surface area contributed by atoms with Crippen LogP contribution in [0, 0.1) is 5.92 Å². The summed E-state index contributed by atoms with van der Waals surface area (Å²) in [6.07, 6.45) is 1.26. The zero-order chi connectivity index (χ0) is 10.4. The van der Waals surface area contributed by atoms with Crippen molar-refractivity contribution >= 4 is 24.8 Å². The summed E-state index contributed by atoms with van der Waals surface area (Å²) in [6.45, 7) is 3.15. The smallest absolute Gasteiger partial charge is 0.250 e. The maximum absolute atomic E-state index is 11.7. The molecule has 3 heterocycles. The highest BCUT2D eigenvalue weighted by atomic mass is 35.5. The van der Waals surface area contributed by atoms with Gasteiger partial charge in [-0.3, -0.25) is 4.79 Å². The van der Waals surface area contributed by atoms with Gasteiger partial charge >= 0.3 is 0 Å². The summed E-state index contributed by atoms with van der Waals surface area (Å²) >= 11 is 0. The van der Waals surface area contributed by atoms with E-state index < -0.39 is 0 Å². The van der Waals surface area contributed by atoms with Crippen molar-refractivity contribution < 1.29 is 5.48 Å². The number of likely N-dealkylation sites (N-methyl/N-ethyl adjacent to an activating group) is 1. The number of rotatable bonds is 0. The minimum atomic E-state index is 0. The lowest BCUT2D eigenvalue weighted by Crippen LogP contribution is -2.45.